The van der Waals surface area contributed by atoms with Gasteiger partial charge in [0.1, 0.15) is 0 Å². The molecule has 2 amide bonds. The molecule has 124 valence electrons. The Labute approximate surface area is 139 Å². The Bertz CT molecular complexity index is 779. The number of carboxylic acids is 1. The first-order chi connectivity index (χ1) is 11.6. The van der Waals surface area contributed by atoms with Gasteiger partial charge in [-0.3, -0.25) is 9.79 Å². The van der Waals surface area contributed by atoms with Crippen LogP contribution >= 0.6 is 0 Å². The molecule has 0 fully saturated rings. The summed E-state index contributed by atoms with van der Waals surface area (Å²) in [7, 11) is 0. The van der Waals surface area contributed by atoms with Crippen molar-refractivity contribution in [1.82, 2.24) is 5.32 Å². The largest absolute Gasteiger partial charge is 0.481 e. The second-order valence-electron chi connectivity index (χ2n) is 5.16. The van der Waals surface area contributed by atoms with Crippen molar-refractivity contribution >= 4 is 34.7 Å². The van der Waals surface area contributed by atoms with E-state index in [0.29, 0.717) is 0 Å². The summed E-state index contributed by atoms with van der Waals surface area (Å²) in [6, 6.07) is 13.2. The number of aliphatic carboxylic acids is 1. The van der Waals surface area contributed by atoms with E-state index in [-0.39, 0.29) is 12.6 Å². The van der Waals surface area contributed by atoms with E-state index in [9.17, 15) is 9.59 Å². The van der Waals surface area contributed by atoms with Gasteiger partial charge in [-0.25, -0.2) is 4.79 Å². The highest BCUT2D eigenvalue weighted by Gasteiger charge is 2.05. The number of benzene rings is 2. The van der Waals surface area contributed by atoms with Crippen molar-refractivity contribution in [3.63, 3.8) is 0 Å². The summed E-state index contributed by atoms with van der Waals surface area (Å²) in [5, 5.41) is 16.2. The van der Waals surface area contributed by atoms with Gasteiger partial charge in [0, 0.05) is 17.8 Å². The van der Waals surface area contributed by atoms with Crippen LogP contribution in [0.2, 0.25) is 0 Å². The number of anilines is 1. The molecule has 0 saturated carbocycles. The van der Waals surface area contributed by atoms with Gasteiger partial charge in [0.25, 0.3) is 0 Å². The summed E-state index contributed by atoms with van der Waals surface area (Å²) in [4.78, 5) is 26.4. The van der Waals surface area contributed by atoms with E-state index in [1.807, 2.05) is 42.5 Å². The Morgan fingerprint density at radius 2 is 1.96 bits per heavy atom. The van der Waals surface area contributed by atoms with Gasteiger partial charge < -0.3 is 15.7 Å². The van der Waals surface area contributed by atoms with Crippen LogP contribution in [0.5, 0.6) is 0 Å². The van der Waals surface area contributed by atoms with Crippen molar-refractivity contribution in [3.05, 3.63) is 54.7 Å². The molecule has 0 spiro atoms. The van der Waals surface area contributed by atoms with Crippen molar-refractivity contribution in [2.45, 2.75) is 6.92 Å². The number of aliphatic imine (C=N–C) groups is 1. The van der Waals surface area contributed by atoms with E-state index in [1.165, 1.54) is 18.5 Å². The Morgan fingerprint density at radius 3 is 2.75 bits per heavy atom. The molecule has 0 radical (unpaired) electrons. The summed E-state index contributed by atoms with van der Waals surface area (Å²) < 4.78 is 0. The first-order valence-electron chi connectivity index (χ1n) is 7.51. The van der Waals surface area contributed by atoms with Crippen LogP contribution in [-0.2, 0) is 4.79 Å². The maximum atomic E-state index is 11.9. The van der Waals surface area contributed by atoms with Gasteiger partial charge in [-0.15, -0.1) is 0 Å². The van der Waals surface area contributed by atoms with E-state index >= 15 is 0 Å². The summed E-state index contributed by atoms with van der Waals surface area (Å²) in [6.45, 7) is 1.80. The summed E-state index contributed by atoms with van der Waals surface area (Å²) in [6.07, 6.45) is 4.37. The highest BCUT2D eigenvalue weighted by molar-refractivity contribution is 6.01. The van der Waals surface area contributed by atoms with Crippen LogP contribution in [0, 0.1) is 5.92 Å². The fraction of sp³-hybridized carbons (Fsp3) is 0.167. The lowest BCUT2D eigenvalue weighted by Crippen LogP contribution is -2.30. The first-order valence-corrected chi connectivity index (χ1v) is 7.51. The molecule has 24 heavy (non-hydrogen) atoms. The van der Waals surface area contributed by atoms with Gasteiger partial charge in [-0.05, 0) is 18.4 Å². The zero-order chi connectivity index (χ0) is 17.4. The number of urea groups is 1. The predicted molar refractivity (Wildman–Crippen MR) is 95.4 cm³/mol. The molecule has 1 unspecified atom stereocenters. The van der Waals surface area contributed by atoms with E-state index in [2.05, 4.69) is 15.6 Å². The van der Waals surface area contributed by atoms with E-state index in [0.717, 1.165) is 16.5 Å². The Morgan fingerprint density at radius 1 is 1.21 bits per heavy atom. The van der Waals surface area contributed by atoms with Crippen LogP contribution in [0.1, 0.15) is 6.92 Å². The lowest BCUT2D eigenvalue weighted by Gasteiger charge is -2.08. The average molecular weight is 325 g/mol. The summed E-state index contributed by atoms with van der Waals surface area (Å²) >= 11 is 0. The van der Waals surface area contributed by atoms with E-state index < -0.39 is 11.9 Å². The second-order valence-corrected chi connectivity index (χ2v) is 5.16. The van der Waals surface area contributed by atoms with Gasteiger partial charge in [0.15, 0.2) is 0 Å². The van der Waals surface area contributed by atoms with Crippen LogP contribution in [0.25, 0.3) is 10.8 Å². The van der Waals surface area contributed by atoms with Crippen molar-refractivity contribution in [3.8, 4) is 0 Å². The minimum atomic E-state index is -0.908. The molecular weight excluding hydrogens is 306 g/mol. The number of nitrogens with zero attached hydrogens (tertiary/aromatic N) is 1. The van der Waals surface area contributed by atoms with Crippen LogP contribution in [-0.4, -0.2) is 29.9 Å². The number of carbonyl (C=O) groups excluding carboxylic acids is 1. The zero-order valence-corrected chi connectivity index (χ0v) is 13.3. The lowest BCUT2D eigenvalue weighted by atomic mass is 10.1. The molecule has 0 aliphatic carbocycles. The minimum absolute atomic E-state index is 0.238. The Hall–Kier alpha value is -3.15. The minimum Gasteiger partial charge on any atom is -0.481 e. The standard InChI is InChI=1S/C18H19N3O3/c1-13(17(22)23)9-10-19-11-12-20-18(24)21-16-8-4-6-14-5-2-3-7-15(14)16/h2-11,13H,12H2,1H3,(H,22,23)(H2,20,21,24)/b10-9-,19-11?. The van der Waals surface area contributed by atoms with Crippen molar-refractivity contribution in [1.29, 1.82) is 0 Å². The summed E-state index contributed by atoms with van der Waals surface area (Å²) in [5.74, 6) is -1.50. The van der Waals surface area contributed by atoms with Gasteiger partial charge in [-0.2, -0.15) is 0 Å². The van der Waals surface area contributed by atoms with Gasteiger partial charge in [0.05, 0.1) is 18.2 Å². The SMILES string of the molecule is CC(/C=C\N=CCNC(=O)Nc1cccc2ccccc12)C(=O)O. The van der Waals surface area contributed by atoms with Crippen LogP contribution in [0.15, 0.2) is 59.7 Å². The third-order valence-electron chi connectivity index (χ3n) is 3.35. The smallest absolute Gasteiger partial charge is 0.319 e. The third-order valence-corrected chi connectivity index (χ3v) is 3.35. The van der Waals surface area contributed by atoms with Crippen LogP contribution in [0.3, 0.4) is 0 Å². The molecule has 2 aromatic rings. The maximum absolute atomic E-state index is 11.9. The number of carboxylic acid groups (broad SMARTS) is 1. The predicted octanol–water partition coefficient (Wildman–Crippen LogP) is 3.27. The highest BCUT2D eigenvalue weighted by Crippen LogP contribution is 2.22. The summed E-state index contributed by atoms with van der Waals surface area (Å²) in [5.41, 5.74) is 0.734. The Balaban J connectivity index is 1.84. The quantitative estimate of drug-likeness (QED) is 0.712. The molecular formula is C18H19N3O3. The number of hydrogen-bond acceptors (Lipinski definition) is 3. The van der Waals surface area contributed by atoms with Gasteiger partial charge in [0.2, 0.25) is 0 Å². The fourth-order valence-corrected chi connectivity index (χ4v) is 2.01. The molecule has 0 heterocycles. The molecule has 0 aromatic heterocycles. The highest BCUT2D eigenvalue weighted by atomic mass is 16.4. The molecule has 2 aromatic carbocycles. The number of rotatable bonds is 6. The molecule has 2 rings (SSSR count). The topological polar surface area (TPSA) is 90.8 Å². The number of amides is 2. The second kappa shape index (κ2) is 8.47. The molecule has 0 aliphatic heterocycles. The zero-order valence-electron chi connectivity index (χ0n) is 13.3. The fourth-order valence-electron chi connectivity index (χ4n) is 2.01. The number of nitrogens with one attached hydrogen (secondary N) is 2. The van der Waals surface area contributed by atoms with Crippen molar-refractivity contribution in [2.75, 3.05) is 11.9 Å². The monoisotopic (exact) mass is 325 g/mol. The Kier molecular flexibility index (Phi) is 6.08. The lowest BCUT2D eigenvalue weighted by molar-refractivity contribution is -0.139. The molecule has 3 N–H and O–H groups in total. The van der Waals surface area contributed by atoms with Crippen LogP contribution < -0.4 is 10.6 Å². The van der Waals surface area contributed by atoms with Crippen LogP contribution in [0.4, 0.5) is 10.5 Å². The molecule has 6 heteroatoms. The number of hydrogen-bond donors (Lipinski definition) is 3. The number of carbonyl (C=O) groups is 2. The van der Waals surface area contributed by atoms with Gasteiger partial charge >= 0.3 is 12.0 Å². The maximum Gasteiger partial charge on any atom is 0.319 e. The first kappa shape index (κ1) is 17.2. The molecule has 0 saturated heterocycles. The van der Waals surface area contributed by atoms with E-state index in [1.54, 1.807) is 6.92 Å². The number of fused-ring (bicyclic) bond motifs is 1. The van der Waals surface area contributed by atoms with Crippen molar-refractivity contribution in [2.24, 2.45) is 10.9 Å². The normalized spacial score (nSPS) is 12.5. The molecule has 0 aliphatic rings. The van der Waals surface area contributed by atoms with Gasteiger partial charge in [-0.1, -0.05) is 42.5 Å². The van der Waals surface area contributed by atoms with E-state index in [4.69, 9.17) is 5.11 Å². The average Bonchev–Trinajstić information content (AvgIpc) is 2.58. The molecule has 1 atom stereocenters. The molecule has 0 bridgehead atoms. The molecule has 6 nitrogen and oxygen atoms in total. The van der Waals surface area contributed by atoms with Crippen molar-refractivity contribution < 1.29 is 14.7 Å². The third kappa shape index (κ3) is 4.95.